The molecule has 0 unspecified atom stereocenters. The fourth-order valence-electron chi connectivity index (χ4n) is 3.06. The zero-order chi connectivity index (χ0) is 19.6. The first-order chi connectivity index (χ1) is 13.7. The highest BCUT2D eigenvalue weighted by atomic mass is 35.5. The number of nitrogens with one attached hydrogen (secondary N) is 4. The summed E-state index contributed by atoms with van der Waals surface area (Å²) in [4.78, 5) is 26.6. The van der Waals surface area contributed by atoms with E-state index in [1.807, 2.05) is 30.3 Å². The van der Waals surface area contributed by atoms with E-state index in [4.69, 9.17) is 0 Å². The number of anilines is 2. The Labute approximate surface area is 177 Å². The highest BCUT2D eigenvalue weighted by Gasteiger charge is 2.10. The van der Waals surface area contributed by atoms with Crippen LogP contribution in [-0.2, 0) is 0 Å². The molecule has 7 nitrogen and oxygen atoms in total. The fourth-order valence-corrected chi connectivity index (χ4v) is 3.06. The average Bonchev–Trinajstić information content (AvgIpc) is 2.73. The van der Waals surface area contributed by atoms with E-state index < -0.39 is 0 Å². The molecule has 1 fully saturated rings. The van der Waals surface area contributed by atoms with Crippen molar-refractivity contribution in [3.63, 3.8) is 0 Å². The molecule has 1 saturated heterocycles. The van der Waals surface area contributed by atoms with Crippen molar-refractivity contribution in [3.05, 3.63) is 60.2 Å². The lowest BCUT2D eigenvalue weighted by Gasteiger charge is -2.27. The molecular weight excluding hydrogens is 390 g/mol. The van der Waals surface area contributed by atoms with E-state index in [2.05, 4.69) is 26.2 Å². The summed E-state index contributed by atoms with van der Waals surface area (Å²) in [6, 6.07) is 15.8. The Bertz CT molecular complexity index is 764. The lowest BCUT2D eigenvalue weighted by atomic mass is 10.2. The maximum absolute atomic E-state index is 12.2. The quantitative estimate of drug-likeness (QED) is 0.522. The number of rotatable bonds is 7. The molecule has 29 heavy (non-hydrogen) atoms. The summed E-state index contributed by atoms with van der Waals surface area (Å²) < 4.78 is 0. The van der Waals surface area contributed by atoms with E-state index in [0.717, 1.165) is 44.8 Å². The molecule has 0 bridgehead atoms. The van der Waals surface area contributed by atoms with Gasteiger partial charge < -0.3 is 26.2 Å². The highest BCUT2D eigenvalue weighted by molar-refractivity contribution is 6.00. The highest BCUT2D eigenvalue weighted by Crippen LogP contribution is 2.11. The number of piperazine rings is 1. The minimum atomic E-state index is -0.323. The number of carbonyl (C=O) groups excluding carboxylic acids is 2. The van der Waals surface area contributed by atoms with Crippen LogP contribution in [-0.4, -0.2) is 56.1 Å². The zero-order valence-corrected chi connectivity index (χ0v) is 17.1. The predicted molar refractivity (Wildman–Crippen MR) is 119 cm³/mol. The van der Waals surface area contributed by atoms with E-state index in [0.29, 0.717) is 17.8 Å². The van der Waals surface area contributed by atoms with Crippen LogP contribution in [0.1, 0.15) is 16.8 Å². The van der Waals surface area contributed by atoms with Gasteiger partial charge in [-0.3, -0.25) is 4.79 Å². The van der Waals surface area contributed by atoms with Crippen molar-refractivity contribution < 1.29 is 9.59 Å². The number of hydrogen-bond donors (Lipinski definition) is 4. The minimum Gasteiger partial charge on any atom is -0.352 e. The van der Waals surface area contributed by atoms with Gasteiger partial charge in [-0.05, 0) is 49.4 Å². The molecule has 1 aliphatic rings. The second-order valence-electron chi connectivity index (χ2n) is 6.72. The third-order valence-corrected chi connectivity index (χ3v) is 4.58. The molecule has 0 atom stereocenters. The normalized spacial score (nSPS) is 13.8. The van der Waals surface area contributed by atoms with Crippen LogP contribution in [0.25, 0.3) is 0 Å². The average molecular weight is 418 g/mol. The number of para-hydroxylation sites is 1. The van der Waals surface area contributed by atoms with Crippen LogP contribution in [0.2, 0.25) is 0 Å². The van der Waals surface area contributed by atoms with Crippen molar-refractivity contribution in [1.29, 1.82) is 0 Å². The Morgan fingerprint density at radius 2 is 1.52 bits per heavy atom. The summed E-state index contributed by atoms with van der Waals surface area (Å²) in [5.74, 6) is -0.0967. The number of nitrogens with zero attached hydrogens (tertiary/aromatic N) is 1. The van der Waals surface area contributed by atoms with Gasteiger partial charge in [0.2, 0.25) is 0 Å². The molecule has 2 aromatic carbocycles. The van der Waals surface area contributed by atoms with Gasteiger partial charge >= 0.3 is 6.03 Å². The van der Waals surface area contributed by atoms with Crippen LogP contribution >= 0.6 is 12.4 Å². The van der Waals surface area contributed by atoms with Crippen molar-refractivity contribution >= 4 is 35.7 Å². The van der Waals surface area contributed by atoms with Gasteiger partial charge in [-0.1, -0.05) is 18.2 Å². The lowest BCUT2D eigenvalue weighted by Crippen LogP contribution is -2.44. The third-order valence-electron chi connectivity index (χ3n) is 4.58. The number of halogens is 1. The molecule has 0 aliphatic carbocycles. The van der Waals surface area contributed by atoms with Crippen molar-refractivity contribution in [2.24, 2.45) is 0 Å². The summed E-state index contributed by atoms with van der Waals surface area (Å²) in [5.41, 5.74) is 1.93. The number of hydrogen-bond acceptors (Lipinski definition) is 4. The summed E-state index contributed by atoms with van der Waals surface area (Å²) >= 11 is 0. The Hall–Kier alpha value is -2.61. The standard InChI is InChI=1S/C21H27N5O2.ClH/c27-20(23-11-4-14-26-15-12-22-13-16-26)17-7-9-19(10-8-17)25-21(28)24-18-5-2-1-3-6-18;/h1-3,5-10,22H,4,11-16H2,(H,23,27)(H2,24,25,28);1H. The number of urea groups is 1. The SMILES string of the molecule is Cl.O=C(Nc1ccccc1)Nc1ccc(C(=O)NCCCN2CCNCC2)cc1. The van der Waals surface area contributed by atoms with Gasteiger partial charge in [-0.25, -0.2) is 4.79 Å². The smallest absolute Gasteiger partial charge is 0.323 e. The lowest BCUT2D eigenvalue weighted by molar-refractivity contribution is 0.0951. The van der Waals surface area contributed by atoms with Gasteiger partial charge in [0.1, 0.15) is 0 Å². The largest absolute Gasteiger partial charge is 0.352 e. The first-order valence-corrected chi connectivity index (χ1v) is 9.65. The van der Waals surface area contributed by atoms with E-state index in [9.17, 15) is 9.59 Å². The maximum Gasteiger partial charge on any atom is 0.323 e. The summed E-state index contributed by atoms with van der Waals surface area (Å²) in [5, 5.41) is 11.8. The van der Waals surface area contributed by atoms with E-state index in [1.54, 1.807) is 24.3 Å². The summed E-state index contributed by atoms with van der Waals surface area (Å²) in [7, 11) is 0. The van der Waals surface area contributed by atoms with E-state index in [1.165, 1.54) is 0 Å². The Balaban J connectivity index is 0.00000300. The van der Waals surface area contributed by atoms with Gasteiger partial charge in [0.25, 0.3) is 5.91 Å². The monoisotopic (exact) mass is 417 g/mol. The number of amides is 3. The van der Waals surface area contributed by atoms with Crippen LogP contribution in [0.3, 0.4) is 0 Å². The van der Waals surface area contributed by atoms with Crippen LogP contribution in [0, 0.1) is 0 Å². The maximum atomic E-state index is 12.2. The van der Waals surface area contributed by atoms with Gasteiger partial charge in [0.15, 0.2) is 0 Å². The van der Waals surface area contributed by atoms with Crippen molar-refractivity contribution in [2.45, 2.75) is 6.42 Å². The van der Waals surface area contributed by atoms with Crippen molar-refractivity contribution in [2.75, 3.05) is 49.9 Å². The van der Waals surface area contributed by atoms with E-state index >= 15 is 0 Å². The molecule has 0 aromatic heterocycles. The molecule has 1 heterocycles. The summed E-state index contributed by atoms with van der Waals surface area (Å²) in [6.45, 7) is 5.87. The van der Waals surface area contributed by atoms with Gasteiger partial charge in [0, 0.05) is 49.7 Å². The molecule has 8 heteroatoms. The molecule has 3 rings (SSSR count). The van der Waals surface area contributed by atoms with Crippen LogP contribution in [0.5, 0.6) is 0 Å². The number of carbonyl (C=O) groups is 2. The topological polar surface area (TPSA) is 85.5 Å². The predicted octanol–water partition coefficient (Wildman–Crippen LogP) is 2.78. The molecule has 156 valence electrons. The molecule has 3 amide bonds. The number of benzene rings is 2. The van der Waals surface area contributed by atoms with Crippen LogP contribution < -0.4 is 21.3 Å². The van der Waals surface area contributed by atoms with Gasteiger partial charge in [-0.15, -0.1) is 12.4 Å². The van der Waals surface area contributed by atoms with Crippen molar-refractivity contribution in [3.8, 4) is 0 Å². The first kappa shape index (κ1) is 22.7. The fraction of sp³-hybridized carbons (Fsp3) is 0.333. The molecule has 0 spiro atoms. The molecular formula is C21H28ClN5O2. The molecule has 0 radical (unpaired) electrons. The second-order valence-corrected chi connectivity index (χ2v) is 6.72. The van der Waals surface area contributed by atoms with E-state index in [-0.39, 0.29) is 24.3 Å². The van der Waals surface area contributed by atoms with Crippen molar-refractivity contribution in [1.82, 2.24) is 15.5 Å². The summed E-state index contributed by atoms with van der Waals surface area (Å²) in [6.07, 6.45) is 0.936. The molecule has 0 saturated carbocycles. The molecule has 4 N–H and O–H groups in total. The Kier molecular flexibility index (Phi) is 9.43. The Morgan fingerprint density at radius 1 is 0.897 bits per heavy atom. The molecule has 2 aromatic rings. The minimum absolute atomic E-state index is 0. The van der Waals surface area contributed by atoms with Crippen LogP contribution in [0.15, 0.2) is 54.6 Å². The third kappa shape index (κ3) is 7.73. The van der Waals surface area contributed by atoms with Crippen LogP contribution in [0.4, 0.5) is 16.2 Å². The van der Waals surface area contributed by atoms with Gasteiger partial charge in [-0.2, -0.15) is 0 Å². The Morgan fingerprint density at radius 3 is 2.17 bits per heavy atom. The molecule has 1 aliphatic heterocycles. The second kappa shape index (κ2) is 12.1. The van der Waals surface area contributed by atoms with Gasteiger partial charge in [0.05, 0.1) is 0 Å². The first-order valence-electron chi connectivity index (χ1n) is 9.65. The zero-order valence-electron chi connectivity index (χ0n) is 16.3.